The van der Waals surface area contributed by atoms with Crippen LogP contribution in [0.5, 0.6) is 0 Å². The van der Waals surface area contributed by atoms with Gasteiger partial charge < -0.3 is 10.3 Å². The zero-order valence-corrected chi connectivity index (χ0v) is 13.5. The molecule has 3 aromatic heterocycles. The largest absolute Gasteiger partial charge is 0.376 e. The first-order chi connectivity index (χ1) is 12.6. The first kappa shape index (κ1) is 15.8. The molecule has 0 fully saturated rings. The molecule has 0 aliphatic carbocycles. The maximum Gasteiger partial charge on any atom is 0.376 e. The van der Waals surface area contributed by atoms with Gasteiger partial charge >= 0.3 is 11.2 Å². The van der Waals surface area contributed by atoms with E-state index in [4.69, 9.17) is 0 Å². The molecule has 4 rings (SSSR count). The Bertz CT molecular complexity index is 1150. The SMILES string of the molecule is O=c1c([N+](=O)[O-])c(NCCc2nc3ccccc3[nH]2)nc2ccccn12. The van der Waals surface area contributed by atoms with Crippen molar-refractivity contribution >= 4 is 28.2 Å². The van der Waals surface area contributed by atoms with E-state index < -0.39 is 16.2 Å². The highest BCUT2D eigenvalue weighted by Crippen LogP contribution is 2.18. The number of aromatic amines is 1. The Hall–Kier alpha value is -3.75. The molecule has 0 atom stereocenters. The monoisotopic (exact) mass is 350 g/mol. The van der Waals surface area contributed by atoms with E-state index in [9.17, 15) is 14.9 Å². The van der Waals surface area contributed by atoms with E-state index in [1.165, 1.54) is 6.20 Å². The van der Waals surface area contributed by atoms with Crippen LogP contribution in [0.2, 0.25) is 0 Å². The minimum atomic E-state index is -0.716. The summed E-state index contributed by atoms with van der Waals surface area (Å²) in [6, 6.07) is 12.6. The van der Waals surface area contributed by atoms with Gasteiger partial charge in [-0.1, -0.05) is 18.2 Å². The second kappa shape index (κ2) is 6.28. The fraction of sp³-hybridized carbons (Fsp3) is 0.118. The molecule has 2 N–H and O–H groups in total. The summed E-state index contributed by atoms with van der Waals surface area (Å²) in [5, 5.41) is 14.2. The standard InChI is InChI=1S/C17H14N6O3/c24-17-15(23(25)26)16(21-14-7-3-4-10-22(14)17)18-9-8-13-19-11-5-1-2-6-12(11)20-13/h1-7,10,18H,8-9H2,(H,19,20). The molecule has 26 heavy (non-hydrogen) atoms. The fourth-order valence-corrected chi connectivity index (χ4v) is 2.79. The molecule has 0 bridgehead atoms. The lowest BCUT2D eigenvalue weighted by atomic mass is 10.3. The maximum absolute atomic E-state index is 12.4. The van der Waals surface area contributed by atoms with Gasteiger partial charge in [0.05, 0.1) is 16.0 Å². The number of nitrogens with zero attached hydrogens (tertiary/aromatic N) is 4. The smallest absolute Gasteiger partial charge is 0.364 e. The number of aromatic nitrogens is 4. The van der Waals surface area contributed by atoms with Crippen molar-refractivity contribution in [3.8, 4) is 0 Å². The van der Waals surface area contributed by atoms with Gasteiger partial charge in [-0.2, -0.15) is 0 Å². The molecular weight excluding hydrogens is 336 g/mol. The third kappa shape index (κ3) is 2.75. The van der Waals surface area contributed by atoms with Crippen molar-refractivity contribution in [2.75, 3.05) is 11.9 Å². The van der Waals surface area contributed by atoms with Crippen molar-refractivity contribution in [2.45, 2.75) is 6.42 Å². The first-order valence-corrected chi connectivity index (χ1v) is 7.97. The zero-order valence-electron chi connectivity index (χ0n) is 13.5. The summed E-state index contributed by atoms with van der Waals surface area (Å²) >= 11 is 0. The van der Waals surface area contributed by atoms with Crippen LogP contribution in [0.15, 0.2) is 53.5 Å². The van der Waals surface area contributed by atoms with Crippen molar-refractivity contribution in [1.82, 2.24) is 19.4 Å². The van der Waals surface area contributed by atoms with Crippen LogP contribution in [0.4, 0.5) is 11.5 Å². The minimum absolute atomic E-state index is 0.0395. The Morgan fingerprint density at radius 1 is 1.15 bits per heavy atom. The topological polar surface area (TPSA) is 118 Å². The molecule has 130 valence electrons. The van der Waals surface area contributed by atoms with Crippen LogP contribution in [-0.2, 0) is 6.42 Å². The highest BCUT2D eigenvalue weighted by atomic mass is 16.6. The summed E-state index contributed by atoms with van der Waals surface area (Å²) in [5.74, 6) is 0.709. The van der Waals surface area contributed by atoms with E-state index in [2.05, 4.69) is 20.3 Å². The van der Waals surface area contributed by atoms with Gasteiger partial charge in [-0.05, 0) is 24.3 Å². The Labute approximate surface area is 146 Å². The number of anilines is 1. The molecule has 0 aliphatic heterocycles. The first-order valence-electron chi connectivity index (χ1n) is 7.97. The Morgan fingerprint density at radius 3 is 2.77 bits per heavy atom. The minimum Gasteiger partial charge on any atom is -0.364 e. The molecule has 0 spiro atoms. The number of nitrogens with one attached hydrogen (secondary N) is 2. The van der Waals surface area contributed by atoms with E-state index in [0.717, 1.165) is 21.3 Å². The van der Waals surface area contributed by atoms with Crippen molar-refractivity contribution in [3.63, 3.8) is 0 Å². The van der Waals surface area contributed by atoms with Gasteiger partial charge in [-0.3, -0.25) is 19.3 Å². The number of hydrogen-bond donors (Lipinski definition) is 2. The molecular formula is C17H14N6O3. The van der Waals surface area contributed by atoms with Gasteiger partial charge in [0.2, 0.25) is 5.82 Å². The van der Waals surface area contributed by atoms with Gasteiger partial charge in [0.15, 0.2) is 0 Å². The van der Waals surface area contributed by atoms with Crippen molar-refractivity contribution in [1.29, 1.82) is 0 Å². The number of imidazole rings is 1. The Morgan fingerprint density at radius 2 is 1.96 bits per heavy atom. The van der Waals surface area contributed by atoms with E-state index in [-0.39, 0.29) is 5.82 Å². The average molecular weight is 350 g/mol. The number of rotatable bonds is 5. The molecule has 1 aromatic carbocycles. The van der Waals surface area contributed by atoms with E-state index in [1.54, 1.807) is 18.2 Å². The lowest BCUT2D eigenvalue weighted by Gasteiger charge is -2.07. The number of nitro groups is 1. The molecule has 0 unspecified atom stereocenters. The Balaban J connectivity index is 1.61. The van der Waals surface area contributed by atoms with Crippen LogP contribution in [0, 0.1) is 10.1 Å². The van der Waals surface area contributed by atoms with Gasteiger partial charge in [0, 0.05) is 19.2 Å². The van der Waals surface area contributed by atoms with Crippen LogP contribution in [0.1, 0.15) is 5.82 Å². The molecule has 0 amide bonds. The molecule has 9 heteroatoms. The maximum atomic E-state index is 12.4. The number of benzene rings is 1. The van der Waals surface area contributed by atoms with Crippen molar-refractivity contribution in [2.24, 2.45) is 0 Å². The summed E-state index contributed by atoms with van der Waals surface area (Å²) in [4.78, 5) is 34.8. The summed E-state index contributed by atoms with van der Waals surface area (Å²) in [6.45, 7) is 0.343. The van der Waals surface area contributed by atoms with Crippen molar-refractivity contribution in [3.05, 3.63) is 75.0 Å². The normalized spacial score (nSPS) is 11.1. The molecule has 0 radical (unpaired) electrons. The third-order valence-electron chi connectivity index (χ3n) is 3.99. The number of hydrogen-bond acceptors (Lipinski definition) is 6. The Kier molecular flexibility index (Phi) is 3.81. The van der Waals surface area contributed by atoms with Crippen LogP contribution < -0.4 is 10.9 Å². The summed E-state index contributed by atoms with van der Waals surface area (Å²) < 4.78 is 1.16. The molecule has 9 nitrogen and oxygen atoms in total. The summed E-state index contributed by atoms with van der Waals surface area (Å²) in [5.41, 5.74) is 0.839. The highest BCUT2D eigenvalue weighted by Gasteiger charge is 2.23. The zero-order chi connectivity index (χ0) is 18.1. The molecule has 0 saturated carbocycles. The van der Waals surface area contributed by atoms with Crippen LogP contribution in [0.25, 0.3) is 16.7 Å². The number of fused-ring (bicyclic) bond motifs is 2. The summed E-state index contributed by atoms with van der Waals surface area (Å²) in [7, 11) is 0. The molecule has 3 heterocycles. The summed E-state index contributed by atoms with van der Waals surface area (Å²) in [6.07, 6.45) is 1.96. The average Bonchev–Trinajstić information content (AvgIpc) is 3.04. The van der Waals surface area contributed by atoms with Gasteiger partial charge in [-0.25, -0.2) is 9.97 Å². The van der Waals surface area contributed by atoms with Crippen molar-refractivity contribution < 1.29 is 4.92 Å². The van der Waals surface area contributed by atoms with Crippen LogP contribution in [0.3, 0.4) is 0 Å². The van der Waals surface area contributed by atoms with E-state index >= 15 is 0 Å². The van der Waals surface area contributed by atoms with Crippen LogP contribution in [-0.4, -0.2) is 30.8 Å². The van der Waals surface area contributed by atoms with E-state index in [0.29, 0.717) is 18.6 Å². The predicted octanol–water partition coefficient (Wildman–Crippen LogP) is 2.13. The third-order valence-corrected chi connectivity index (χ3v) is 3.99. The molecule has 0 aliphatic rings. The molecule has 0 saturated heterocycles. The van der Waals surface area contributed by atoms with Gasteiger partial charge in [-0.15, -0.1) is 0 Å². The number of para-hydroxylation sites is 2. The van der Waals surface area contributed by atoms with Gasteiger partial charge in [0.1, 0.15) is 11.5 Å². The predicted molar refractivity (Wildman–Crippen MR) is 96.4 cm³/mol. The number of H-pyrrole nitrogens is 1. The second-order valence-corrected chi connectivity index (χ2v) is 5.68. The molecule has 4 aromatic rings. The fourth-order valence-electron chi connectivity index (χ4n) is 2.79. The van der Waals surface area contributed by atoms with E-state index in [1.807, 2.05) is 24.3 Å². The van der Waals surface area contributed by atoms with Gasteiger partial charge in [0.25, 0.3) is 0 Å². The van der Waals surface area contributed by atoms with Crippen LogP contribution >= 0.6 is 0 Å². The quantitative estimate of drug-likeness (QED) is 0.420. The lowest BCUT2D eigenvalue weighted by molar-refractivity contribution is -0.385. The lowest BCUT2D eigenvalue weighted by Crippen LogP contribution is -2.21. The number of pyridine rings is 1. The highest BCUT2D eigenvalue weighted by molar-refractivity contribution is 5.74. The second-order valence-electron chi connectivity index (χ2n) is 5.68.